The van der Waals surface area contributed by atoms with Crippen molar-refractivity contribution in [3.8, 4) is 0 Å². The second kappa shape index (κ2) is 10.1. The first-order valence-corrected chi connectivity index (χ1v) is 12.4. The highest BCUT2D eigenvalue weighted by Crippen LogP contribution is 2.30. The van der Waals surface area contributed by atoms with Crippen LogP contribution >= 0.6 is 11.8 Å². The van der Waals surface area contributed by atoms with Crippen LogP contribution in [-0.4, -0.2) is 43.6 Å². The molecule has 8 heteroatoms. The van der Waals surface area contributed by atoms with Crippen molar-refractivity contribution in [3.63, 3.8) is 0 Å². The van der Waals surface area contributed by atoms with Gasteiger partial charge >= 0.3 is 0 Å². The molecule has 1 atom stereocenters. The topological polar surface area (TPSA) is 90.4 Å². The number of aromatic amines is 1. The van der Waals surface area contributed by atoms with Crippen molar-refractivity contribution in [3.05, 3.63) is 90.3 Å². The zero-order chi connectivity index (χ0) is 24.2. The van der Waals surface area contributed by atoms with Crippen LogP contribution < -0.4 is 5.32 Å². The molecule has 1 unspecified atom stereocenters. The number of hydrogen-bond donors (Lipinski definition) is 2. The van der Waals surface area contributed by atoms with Crippen molar-refractivity contribution in [1.82, 2.24) is 14.9 Å². The van der Waals surface area contributed by atoms with Crippen molar-refractivity contribution >= 4 is 51.2 Å². The lowest BCUT2D eigenvalue weighted by Gasteiger charge is -2.30. The lowest BCUT2D eigenvalue weighted by molar-refractivity contribution is -0.129. The van der Waals surface area contributed by atoms with Gasteiger partial charge in [0.15, 0.2) is 5.17 Å². The Labute approximate surface area is 207 Å². The van der Waals surface area contributed by atoms with Crippen molar-refractivity contribution in [2.75, 3.05) is 11.9 Å². The molecule has 1 saturated heterocycles. The number of carbonyl (C=O) groups excluding carboxylic acids is 2. The lowest BCUT2D eigenvalue weighted by Crippen LogP contribution is -2.45. The molecule has 35 heavy (non-hydrogen) atoms. The van der Waals surface area contributed by atoms with Crippen LogP contribution in [0.2, 0.25) is 0 Å². The molecular formula is C27H25N5O2S. The summed E-state index contributed by atoms with van der Waals surface area (Å²) >= 11 is 1.33. The van der Waals surface area contributed by atoms with Crippen LogP contribution in [0.5, 0.6) is 0 Å². The molecule has 0 bridgehead atoms. The van der Waals surface area contributed by atoms with Gasteiger partial charge in [0, 0.05) is 25.1 Å². The van der Waals surface area contributed by atoms with Gasteiger partial charge < -0.3 is 10.3 Å². The third kappa shape index (κ3) is 5.27. The highest BCUT2D eigenvalue weighted by atomic mass is 32.2. The Morgan fingerprint density at radius 2 is 1.83 bits per heavy atom. The maximum absolute atomic E-state index is 12.8. The molecule has 4 aromatic rings. The first-order chi connectivity index (χ1) is 17.1. The molecular weight excluding hydrogens is 458 g/mol. The second-order valence-corrected chi connectivity index (χ2v) is 9.41. The second-order valence-electron chi connectivity index (χ2n) is 8.24. The summed E-state index contributed by atoms with van der Waals surface area (Å²) < 4.78 is 0. The molecule has 0 saturated carbocycles. The third-order valence-electron chi connectivity index (χ3n) is 5.76. The standard InChI is InChI=1S/C27H25N5O2S/c1-2-32-25(33)17-23(26(34)28-19-8-4-3-5-9-19)35-27(32)29-20-14-12-18(13-15-20)16-24-30-21-10-6-7-11-22(21)31-24/h3-15,23H,2,16-17H2,1H3,(H,28,34)(H,30,31). The highest BCUT2D eigenvalue weighted by Gasteiger charge is 2.35. The molecule has 1 aliphatic heterocycles. The Kier molecular flexibility index (Phi) is 6.63. The first-order valence-electron chi connectivity index (χ1n) is 11.5. The summed E-state index contributed by atoms with van der Waals surface area (Å²) in [5.41, 5.74) is 4.52. The molecule has 1 aromatic heterocycles. The number of fused-ring (bicyclic) bond motifs is 1. The Morgan fingerprint density at radius 1 is 1.09 bits per heavy atom. The Morgan fingerprint density at radius 3 is 2.57 bits per heavy atom. The predicted octanol–water partition coefficient (Wildman–Crippen LogP) is 5.13. The maximum Gasteiger partial charge on any atom is 0.238 e. The third-order valence-corrected chi connectivity index (χ3v) is 6.95. The number of benzene rings is 3. The monoisotopic (exact) mass is 483 g/mol. The molecule has 176 valence electrons. The summed E-state index contributed by atoms with van der Waals surface area (Å²) in [5.74, 6) is 0.613. The maximum atomic E-state index is 12.8. The highest BCUT2D eigenvalue weighted by molar-refractivity contribution is 8.15. The minimum atomic E-state index is -0.531. The molecule has 2 heterocycles. The van der Waals surface area contributed by atoms with E-state index in [1.54, 1.807) is 4.90 Å². The van der Waals surface area contributed by atoms with Gasteiger partial charge in [-0.1, -0.05) is 54.2 Å². The van der Waals surface area contributed by atoms with Gasteiger partial charge in [0.05, 0.1) is 16.7 Å². The number of rotatable bonds is 6. The molecule has 0 spiro atoms. The molecule has 2 N–H and O–H groups in total. The fraction of sp³-hybridized carbons (Fsp3) is 0.185. The fourth-order valence-corrected chi connectivity index (χ4v) is 5.14. The minimum Gasteiger partial charge on any atom is -0.342 e. The van der Waals surface area contributed by atoms with Crippen LogP contribution in [-0.2, 0) is 16.0 Å². The summed E-state index contributed by atoms with van der Waals surface area (Å²) in [5, 5.41) is 2.91. The minimum absolute atomic E-state index is 0.0975. The number of amides is 2. The van der Waals surface area contributed by atoms with E-state index < -0.39 is 5.25 Å². The molecule has 3 aromatic carbocycles. The van der Waals surface area contributed by atoms with Gasteiger partial charge in [-0.15, -0.1) is 0 Å². The number of anilines is 1. The van der Waals surface area contributed by atoms with Crippen molar-refractivity contribution in [1.29, 1.82) is 0 Å². The smallest absolute Gasteiger partial charge is 0.238 e. The van der Waals surface area contributed by atoms with E-state index in [4.69, 9.17) is 4.99 Å². The Hall–Kier alpha value is -3.91. The number of para-hydroxylation sites is 3. The van der Waals surface area contributed by atoms with Gasteiger partial charge in [-0.2, -0.15) is 0 Å². The lowest BCUT2D eigenvalue weighted by atomic mass is 10.1. The largest absolute Gasteiger partial charge is 0.342 e. The summed E-state index contributed by atoms with van der Waals surface area (Å²) in [6, 6.07) is 25.1. The zero-order valence-corrected chi connectivity index (χ0v) is 20.1. The Balaban J connectivity index is 1.31. The van der Waals surface area contributed by atoms with Gasteiger partial charge in [0.25, 0.3) is 0 Å². The summed E-state index contributed by atoms with van der Waals surface area (Å²) in [6.07, 6.45) is 0.828. The number of aliphatic imine (C=N–C) groups is 1. The van der Waals surface area contributed by atoms with Crippen molar-refractivity contribution in [2.45, 2.75) is 25.0 Å². The van der Waals surface area contributed by atoms with Crippen molar-refractivity contribution < 1.29 is 9.59 Å². The van der Waals surface area contributed by atoms with E-state index in [2.05, 4.69) is 15.3 Å². The summed E-state index contributed by atoms with van der Waals surface area (Å²) in [7, 11) is 0. The zero-order valence-electron chi connectivity index (χ0n) is 19.3. The van der Waals surface area contributed by atoms with E-state index in [1.807, 2.05) is 85.8 Å². The number of carbonyl (C=O) groups is 2. The quantitative estimate of drug-likeness (QED) is 0.398. The van der Waals surface area contributed by atoms with E-state index in [9.17, 15) is 9.59 Å². The number of aromatic nitrogens is 2. The van der Waals surface area contributed by atoms with Crippen molar-refractivity contribution in [2.24, 2.45) is 4.99 Å². The number of thioether (sulfide) groups is 1. The number of hydrogen-bond acceptors (Lipinski definition) is 5. The van der Waals surface area contributed by atoms with Crippen LogP contribution in [0.1, 0.15) is 24.7 Å². The molecule has 0 aliphatic carbocycles. The Bertz CT molecular complexity index is 1350. The molecule has 5 rings (SSSR count). The van der Waals surface area contributed by atoms with E-state index in [-0.39, 0.29) is 18.2 Å². The summed E-state index contributed by atoms with van der Waals surface area (Å²) in [6.45, 7) is 2.41. The number of nitrogens with one attached hydrogen (secondary N) is 2. The molecule has 2 amide bonds. The van der Waals surface area contributed by atoms with E-state index in [1.165, 1.54) is 11.8 Å². The van der Waals surface area contributed by atoms with E-state index in [0.717, 1.165) is 28.1 Å². The SMILES string of the molecule is CCN1C(=O)CC(C(=O)Nc2ccccc2)SC1=Nc1ccc(Cc2nc3ccccc3[nH]2)cc1. The first kappa shape index (κ1) is 22.9. The number of amidine groups is 1. The van der Waals surface area contributed by atoms with Crippen LogP contribution in [0.3, 0.4) is 0 Å². The summed E-state index contributed by atoms with van der Waals surface area (Å²) in [4.78, 5) is 39.9. The molecule has 1 aliphatic rings. The van der Waals surface area contributed by atoms with Crippen LogP contribution in [0.25, 0.3) is 11.0 Å². The van der Waals surface area contributed by atoms with Gasteiger partial charge in [0.1, 0.15) is 11.1 Å². The van der Waals surface area contributed by atoms with Crippen LogP contribution in [0, 0.1) is 0 Å². The van der Waals surface area contributed by atoms with Gasteiger partial charge in [-0.3, -0.25) is 14.5 Å². The number of nitrogens with zero attached hydrogens (tertiary/aromatic N) is 3. The average molecular weight is 484 g/mol. The number of imidazole rings is 1. The average Bonchev–Trinajstić information content (AvgIpc) is 3.28. The van der Waals surface area contributed by atoms with E-state index in [0.29, 0.717) is 23.8 Å². The normalized spacial score (nSPS) is 17.2. The molecule has 0 radical (unpaired) electrons. The predicted molar refractivity (Wildman–Crippen MR) is 141 cm³/mol. The van der Waals surface area contributed by atoms with Gasteiger partial charge in [-0.05, 0) is 48.9 Å². The molecule has 7 nitrogen and oxygen atoms in total. The van der Waals surface area contributed by atoms with Crippen LogP contribution in [0.15, 0.2) is 83.9 Å². The van der Waals surface area contributed by atoms with Crippen LogP contribution in [0.4, 0.5) is 11.4 Å². The molecule has 1 fully saturated rings. The van der Waals surface area contributed by atoms with Gasteiger partial charge in [0.2, 0.25) is 11.8 Å². The number of H-pyrrole nitrogens is 1. The fourth-order valence-electron chi connectivity index (χ4n) is 3.98. The van der Waals surface area contributed by atoms with E-state index >= 15 is 0 Å². The van der Waals surface area contributed by atoms with Gasteiger partial charge in [-0.25, -0.2) is 9.98 Å².